The quantitative estimate of drug-likeness (QED) is 0.904. The van der Waals surface area contributed by atoms with E-state index >= 15 is 0 Å². The fourth-order valence-electron chi connectivity index (χ4n) is 3.02. The van der Waals surface area contributed by atoms with Gasteiger partial charge in [0, 0.05) is 23.7 Å². The van der Waals surface area contributed by atoms with Crippen molar-refractivity contribution in [3.8, 4) is 0 Å². The van der Waals surface area contributed by atoms with E-state index in [1.807, 2.05) is 12.1 Å². The van der Waals surface area contributed by atoms with Crippen molar-refractivity contribution in [2.24, 2.45) is 5.92 Å². The monoisotopic (exact) mass is 280 g/mol. The first-order valence-electron chi connectivity index (χ1n) is 7.26. The molecule has 1 fully saturated rings. The number of hydrogen-bond acceptors (Lipinski definition) is 2. The van der Waals surface area contributed by atoms with Gasteiger partial charge in [0.15, 0.2) is 0 Å². The summed E-state index contributed by atoms with van der Waals surface area (Å²) in [4.78, 5) is 2.43. The van der Waals surface area contributed by atoms with Crippen molar-refractivity contribution < 1.29 is 0 Å². The Balaban J connectivity index is 1.95. The normalized spacial score (nSPS) is 25.5. The van der Waals surface area contributed by atoms with Crippen molar-refractivity contribution in [1.29, 1.82) is 0 Å². The van der Waals surface area contributed by atoms with Crippen LogP contribution in [0.15, 0.2) is 24.3 Å². The second kappa shape index (κ2) is 6.74. The van der Waals surface area contributed by atoms with Crippen molar-refractivity contribution in [2.75, 3.05) is 20.1 Å². The van der Waals surface area contributed by atoms with Crippen LogP contribution in [-0.2, 0) is 0 Å². The van der Waals surface area contributed by atoms with Gasteiger partial charge in [-0.2, -0.15) is 0 Å². The Morgan fingerprint density at radius 3 is 2.84 bits per heavy atom. The van der Waals surface area contributed by atoms with E-state index in [4.69, 9.17) is 11.6 Å². The topological polar surface area (TPSA) is 15.3 Å². The maximum atomic E-state index is 6.29. The molecule has 0 radical (unpaired) electrons. The Bertz CT molecular complexity index is 407. The number of piperidine rings is 1. The summed E-state index contributed by atoms with van der Waals surface area (Å²) < 4.78 is 0. The van der Waals surface area contributed by atoms with Crippen LogP contribution in [-0.4, -0.2) is 31.1 Å². The molecule has 19 heavy (non-hydrogen) atoms. The van der Waals surface area contributed by atoms with Crippen LogP contribution in [0.25, 0.3) is 0 Å². The lowest BCUT2D eigenvalue weighted by Crippen LogP contribution is -2.40. The highest BCUT2D eigenvalue weighted by molar-refractivity contribution is 6.31. The van der Waals surface area contributed by atoms with Gasteiger partial charge in [-0.1, -0.05) is 29.8 Å². The zero-order chi connectivity index (χ0) is 13.8. The zero-order valence-corrected chi connectivity index (χ0v) is 13.0. The van der Waals surface area contributed by atoms with Crippen molar-refractivity contribution >= 4 is 11.6 Å². The molecule has 0 bridgehead atoms. The molecule has 2 rings (SSSR count). The van der Waals surface area contributed by atoms with Gasteiger partial charge in [0.05, 0.1) is 0 Å². The van der Waals surface area contributed by atoms with E-state index in [1.54, 1.807) is 0 Å². The van der Waals surface area contributed by atoms with Gasteiger partial charge in [0.25, 0.3) is 0 Å². The van der Waals surface area contributed by atoms with Gasteiger partial charge in [-0.15, -0.1) is 0 Å². The van der Waals surface area contributed by atoms with E-state index in [1.165, 1.54) is 18.4 Å². The molecule has 1 aromatic rings. The minimum atomic E-state index is 0.374. The van der Waals surface area contributed by atoms with Crippen LogP contribution < -0.4 is 5.32 Å². The highest BCUT2D eigenvalue weighted by Crippen LogP contribution is 2.28. The molecular weight excluding hydrogens is 256 g/mol. The Morgan fingerprint density at radius 1 is 1.42 bits per heavy atom. The number of rotatable bonds is 4. The van der Waals surface area contributed by atoms with Gasteiger partial charge in [0.2, 0.25) is 0 Å². The van der Waals surface area contributed by atoms with Gasteiger partial charge in [0.1, 0.15) is 0 Å². The van der Waals surface area contributed by atoms with Crippen LogP contribution in [0.3, 0.4) is 0 Å². The second-order valence-corrected chi connectivity index (χ2v) is 6.29. The summed E-state index contributed by atoms with van der Waals surface area (Å²) in [5, 5.41) is 4.39. The van der Waals surface area contributed by atoms with Crippen LogP contribution in [0.5, 0.6) is 0 Å². The third-order valence-corrected chi connectivity index (χ3v) is 4.64. The van der Waals surface area contributed by atoms with Gasteiger partial charge in [-0.3, -0.25) is 4.90 Å². The lowest BCUT2D eigenvalue weighted by Gasteiger charge is -2.34. The summed E-state index contributed by atoms with van der Waals surface area (Å²) >= 11 is 6.29. The molecule has 3 unspecified atom stereocenters. The van der Waals surface area contributed by atoms with Crippen LogP contribution in [0.1, 0.15) is 38.3 Å². The molecule has 1 aliphatic rings. The molecule has 0 aromatic heterocycles. The zero-order valence-electron chi connectivity index (χ0n) is 12.2. The largest absolute Gasteiger partial charge is 0.314 e. The summed E-state index contributed by atoms with van der Waals surface area (Å²) in [7, 11) is 2.21. The molecule has 0 aliphatic carbocycles. The first-order valence-corrected chi connectivity index (χ1v) is 7.63. The lowest BCUT2D eigenvalue weighted by atomic mass is 9.92. The second-order valence-electron chi connectivity index (χ2n) is 5.88. The van der Waals surface area contributed by atoms with Gasteiger partial charge >= 0.3 is 0 Å². The summed E-state index contributed by atoms with van der Waals surface area (Å²) in [5.41, 5.74) is 1.23. The van der Waals surface area contributed by atoms with Crippen LogP contribution in [0.4, 0.5) is 0 Å². The van der Waals surface area contributed by atoms with Crippen molar-refractivity contribution in [2.45, 2.75) is 38.8 Å². The average Bonchev–Trinajstić information content (AvgIpc) is 2.38. The molecule has 1 aromatic carbocycles. The maximum Gasteiger partial charge on any atom is 0.0453 e. The SMILES string of the molecule is CC1CC(CN(C)C(C)c2ccccc2Cl)CCN1. The number of nitrogens with zero attached hydrogens (tertiary/aromatic N) is 1. The maximum absolute atomic E-state index is 6.29. The lowest BCUT2D eigenvalue weighted by molar-refractivity contribution is 0.184. The predicted molar refractivity (Wildman–Crippen MR) is 82.7 cm³/mol. The molecule has 1 heterocycles. The van der Waals surface area contributed by atoms with Crippen molar-refractivity contribution in [3.05, 3.63) is 34.9 Å². The smallest absolute Gasteiger partial charge is 0.0453 e. The Hall–Kier alpha value is -0.570. The average molecular weight is 281 g/mol. The molecule has 1 N–H and O–H groups in total. The van der Waals surface area contributed by atoms with E-state index in [0.717, 1.165) is 24.0 Å². The predicted octanol–water partition coefficient (Wildman–Crippen LogP) is 3.72. The van der Waals surface area contributed by atoms with Crippen molar-refractivity contribution in [3.63, 3.8) is 0 Å². The summed E-state index contributed by atoms with van der Waals surface area (Å²) in [6.07, 6.45) is 2.56. The van der Waals surface area contributed by atoms with Crippen LogP contribution in [0, 0.1) is 5.92 Å². The van der Waals surface area contributed by atoms with E-state index < -0.39 is 0 Å². The van der Waals surface area contributed by atoms with E-state index in [2.05, 4.69) is 43.2 Å². The van der Waals surface area contributed by atoms with Crippen LogP contribution >= 0.6 is 11.6 Å². The number of nitrogens with one attached hydrogen (secondary N) is 1. The molecular formula is C16H25ClN2. The van der Waals surface area contributed by atoms with E-state index in [9.17, 15) is 0 Å². The molecule has 1 aliphatic heterocycles. The minimum Gasteiger partial charge on any atom is -0.314 e. The highest BCUT2D eigenvalue weighted by Gasteiger charge is 2.22. The standard InChI is InChI=1S/C16H25ClN2/c1-12-10-14(8-9-18-12)11-19(3)13(2)15-6-4-5-7-16(15)17/h4-7,12-14,18H,8-11H2,1-3H3. The summed E-state index contributed by atoms with van der Waals surface area (Å²) in [5.74, 6) is 0.797. The molecule has 0 amide bonds. The molecule has 3 atom stereocenters. The molecule has 2 nitrogen and oxygen atoms in total. The molecule has 106 valence electrons. The van der Waals surface area contributed by atoms with Gasteiger partial charge < -0.3 is 5.32 Å². The number of halogens is 1. The Morgan fingerprint density at radius 2 is 2.16 bits per heavy atom. The summed E-state index contributed by atoms with van der Waals surface area (Å²) in [6, 6.07) is 9.20. The van der Waals surface area contributed by atoms with Crippen molar-refractivity contribution in [1.82, 2.24) is 10.2 Å². The van der Waals surface area contributed by atoms with E-state index in [0.29, 0.717) is 12.1 Å². The minimum absolute atomic E-state index is 0.374. The Labute approximate surface area is 122 Å². The molecule has 0 saturated carbocycles. The number of hydrogen-bond donors (Lipinski definition) is 1. The number of benzene rings is 1. The first-order chi connectivity index (χ1) is 9.08. The van der Waals surface area contributed by atoms with E-state index in [-0.39, 0.29) is 0 Å². The fourth-order valence-corrected chi connectivity index (χ4v) is 3.31. The molecule has 3 heteroatoms. The highest BCUT2D eigenvalue weighted by atomic mass is 35.5. The third kappa shape index (κ3) is 3.95. The van der Waals surface area contributed by atoms with Crippen LogP contribution in [0.2, 0.25) is 5.02 Å². The third-order valence-electron chi connectivity index (χ3n) is 4.29. The van der Waals surface area contributed by atoms with Gasteiger partial charge in [-0.25, -0.2) is 0 Å². The fraction of sp³-hybridized carbons (Fsp3) is 0.625. The summed E-state index contributed by atoms with van der Waals surface area (Å²) in [6.45, 7) is 6.83. The van der Waals surface area contributed by atoms with Gasteiger partial charge in [-0.05, 0) is 57.8 Å². The first kappa shape index (κ1) is 14.8. The molecule has 1 saturated heterocycles. The molecule has 0 spiro atoms. The Kier molecular flexibility index (Phi) is 5.26.